The third-order valence-corrected chi connectivity index (χ3v) is 8.64. The number of carbonyl (C=O) groups is 1. The molecule has 5 rings (SSSR count). The molecule has 12 heteroatoms. The number of amides is 1. The summed E-state index contributed by atoms with van der Waals surface area (Å²) in [5.41, 5.74) is 0. The average Bonchev–Trinajstić information content (AvgIpc) is 3.55. The average molecular weight is 447 g/mol. The number of aromatic nitrogens is 5. The molecular formula is C19H26N8O3S. The summed E-state index contributed by atoms with van der Waals surface area (Å²) in [6, 6.07) is 3.72. The molecule has 1 saturated carbocycles. The van der Waals surface area contributed by atoms with E-state index in [9.17, 15) is 13.2 Å². The van der Waals surface area contributed by atoms with Gasteiger partial charge in [-0.1, -0.05) is 0 Å². The third kappa shape index (κ3) is 4.13. The Morgan fingerprint density at radius 2 is 1.71 bits per heavy atom. The second kappa shape index (κ2) is 8.15. The first-order valence-corrected chi connectivity index (χ1v) is 12.2. The first-order valence-electron chi connectivity index (χ1n) is 10.7. The monoisotopic (exact) mass is 446 g/mol. The summed E-state index contributed by atoms with van der Waals surface area (Å²) in [4.78, 5) is 20.9. The molecule has 2 aliphatic heterocycles. The first-order chi connectivity index (χ1) is 15.0. The highest BCUT2D eigenvalue weighted by Gasteiger charge is 2.42. The first kappa shape index (κ1) is 20.3. The number of hydrogen-bond acceptors (Lipinski definition) is 8. The minimum atomic E-state index is -3.17. The van der Waals surface area contributed by atoms with Gasteiger partial charge in [-0.25, -0.2) is 18.1 Å². The predicted molar refractivity (Wildman–Crippen MR) is 112 cm³/mol. The Bertz CT molecular complexity index is 1010. The quantitative estimate of drug-likeness (QED) is 0.625. The Hall–Kier alpha value is -2.60. The zero-order valence-electron chi connectivity index (χ0n) is 17.2. The van der Waals surface area contributed by atoms with E-state index in [-0.39, 0.29) is 17.1 Å². The normalized spacial score (nSPS) is 23.2. The van der Waals surface area contributed by atoms with Gasteiger partial charge in [-0.2, -0.15) is 9.40 Å². The molecular weight excluding hydrogens is 420 g/mol. The van der Waals surface area contributed by atoms with Crippen LogP contribution in [0, 0.1) is 5.92 Å². The van der Waals surface area contributed by atoms with Gasteiger partial charge in [0.1, 0.15) is 12.7 Å². The van der Waals surface area contributed by atoms with Gasteiger partial charge in [-0.15, -0.1) is 10.2 Å². The fraction of sp³-hybridized carbons (Fsp3) is 0.632. The molecule has 0 N–H and O–H groups in total. The summed E-state index contributed by atoms with van der Waals surface area (Å²) < 4.78 is 27.9. The van der Waals surface area contributed by atoms with Crippen molar-refractivity contribution in [3.63, 3.8) is 0 Å². The molecule has 31 heavy (non-hydrogen) atoms. The second-order valence-corrected chi connectivity index (χ2v) is 10.6. The van der Waals surface area contributed by atoms with E-state index in [4.69, 9.17) is 0 Å². The van der Waals surface area contributed by atoms with Gasteiger partial charge in [0.2, 0.25) is 15.9 Å². The van der Waals surface area contributed by atoms with E-state index >= 15 is 0 Å². The van der Waals surface area contributed by atoms with Crippen LogP contribution in [0.4, 0.5) is 5.82 Å². The van der Waals surface area contributed by atoms with Gasteiger partial charge >= 0.3 is 0 Å². The molecule has 0 spiro atoms. The maximum absolute atomic E-state index is 13.1. The van der Waals surface area contributed by atoms with Crippen molar-refractivity contribution in [2.24, 2.45) is 5.92 Å². The van der Waals surface area contributed by atoms with Crippen molar-refractivity contribution in [2.75, 3.05) is 44.2 Å². The molecule has 1 atom stereocenters. The standard InChI is InChI=1S/C19H26N8O3S/c28-19(24-8-10-26(11-9-24)31(29,30)16-3-4-16)15-2-1-7-25(12-15)17-5-6-18(23-22-17)27-14-20-13-21-27/h5-6,13-16H,1-4,7-12H2. The van der Waals surface area contributed by atoms with Crippen LogP contribution in [-0.4, -0.2) is 93.0 Å². The SMILES string of the molecule is O=C(C1CCCN(c2ccc(-n3cncn3)nn2)C1)N1CCN(S(=O)(=O)C2CC2)CC1. The number of rotatable bonds is 5. The van der Waals surface area contributed by atoms with Crippen molar-refractivity contribution in [3.8, 4) is 5.82 Å². The van der Waals surface area contributed by atoms with E-state index < -0.39 is 10.0 Å². The Morgan fingerprint density at radius 1 is 0.968 bits per heavy atom. The van der Waals surface area contributed by atoms with Crippen LogP contribution >= 0.6 is 0 Å². The van der Waals surface area contributed by atoms with Crippen LogP contribution in [0.15, 0.2) is 24.8 Å². The van der Waals surface area contributed by atoms with Gasteiger partial charge < -0.3 is 9.80 Å². The number of hydrogen-bond donors (Lipinski definition) is 0. The fourth-order valence-corrected chi connectivity index (χ4v) is 6.15. The van der Waals surface area contributed by atoms with Gasteiger partial charge in [0.05, 0.1) is 11.2 Å². The highest BCUT2D eigenvalue weighted by molar-refractivity contribution is 7.90. The molecule has 0 aromatic carbocycles. The summed E-state index contributed by atoms with van der Waals surface area (Å²) in [7, 11) is -3.17. The molecule has 0 bridgehead atoms. The molecule has 1 amide bonds. The minimum Gasteiger partial charge on any atom is -0.354 e. The Balaban J connectivity index is 1.19. The topological polar surface area (TPSA) is 117 Å². The van der Waals surface area contributed by atoms with Crippen molar-refractivity contribution in [3.05, 3.63) is 24.8 Å². The number of piperazine rings is 1. The van der Waals surface area contributed by atoms with Gasteiger partial charge in [0.15, 0.2) is 11.6 Å². The van der Waals surface area contributed by atoms with Crippen molar-refractivity contribution in [1.29, 1.82) is 0 Å². The summed E-state index contributed by atoms with van der Waals surface area (Å²) in [6.07, 6.45) is 6.27. The molecule has 3 fully saturated rings. The number of sulfonamides is 1. The summed E-state index contributed by atoms with van der Waals surface area (Å²) in [6.45, 7) is 3.15. The van der Waals surface area contributed by atoms with Crippen LogP contribution in [0.25, 0.3) is 5.82 Å². The summed E-state index contributed by atoms with van der Waals surface area (Å²) in [5.74, 6) is 1.32. The third-order valence-electron chi connectivity index (χ3n) is 6.24. The zero-order chi connectivity index (χ0) is 21.4. The maximum atomic E-state index is 13.1. The van der Waals surface area contributed by atoms with Crippen molar-refractivity contribution in [2.45, 2.75) is 30.9 Å². The van der Waals surface area contributed by atoms with Gasteiger partial charge in [0, 0.05) is 39.3 Å². The summed E-state index contributed by atoms with van der Waals surface area (Å²) in [5, 5.41) is 12.4. The predicted octanol–water partition coefficient (Wildman–Crippen LogP) is -0.0899. The van der Waals surface area contributed by atoms with E-state index in [1.165, 1.54) is 6.33 Å². The smallest absolute Gasteiger partial charge is 0.227 e. The Morgan fingerprint density at radius 3 is 2.35 bits per heavy atom. The van der Waals surface area contributed by atoms with Crippen LogP contribution in [0.3, 0.4) is 0 Å². The molecule has 11 nitrogen and oxygen atoms in total. The second-order valence-electron chi connectivity index (χ2n) is 8.34. The van der Waals surface area contributed by atoms with E-state index in [1.54, 1.807) is 15.3 Å². The lowest BCUT2D eigenvalue weighted by Crippen LogP contribution is -2.54. The largest absolute Gasteiger partial charge is 0.354 e. The zero-order valence-corrected chi connectivity index (χ0v) is 18.1. The van der Waals surface area contributed by atoms with E-state index in [0.717, 1.165) is 38.0 Å². The molecule has 0 radical (unpaired) electrons. The highest BCUT2D eigenvalue weighted by atomic mass is 32.2. The van der Waals surface area contributed by atoms with Crippen LogP contribution in [0.1, 0.15) is 25.7 Å². The van der Waals surface area contributed by atoms with Gasteiger partial charge in [-0.05, 0) is 37.8 Å². The molecule has 2 aromatic heterocycles. The number of nitrogens with zero attached hydrogens (tertiary/aromatic N) is 8. The molecule has 166 valence electrons. The highest BCUT2D eigenvalue weighted by Crippen LogP contribution is 2.31. The molecule has 1 aliphatic carbocycles. The minimum absolute atomic E-state index is 0.111. The van der Waals surface area contributed by atoms with E-state index in [0.29, 0.717) is 38.5 Å². The fourth-order valence-electron chi connectivity index (χ4n) is 4.32. The molecule has 2 saturated heterocycles. The lowest BCUT2D eigenvalue weighted by molar-refractivity contribution is -0.137. The van der Waals surface area contributed by atoms with Crippen LogP contribution < -0.4 is 4.90 Å². The molecule has 4 heterocycles. The Kier molecular flexibility index (Phi) is 5.34. The lowest BCUT2D eigenvalue weighted by atomic mass is 9.96. The maximum Gasteiger partial charge on any atom is 0.227 e. The summed E-state index contributed by atoms with van der Waals surface area (Å²) >= 11 is 0. The van der Waals surface area contributed by atoms with Crippen LogP contribution in [0.2, 0.25) is 0 Å². The lowest BCUT2D eigenvalue weighted by Gasteiger charge is -2.38. The van der Waals surface area contributed by atoms with Crippen molar-refractivity contribution < 1.29 is 13.2 Å². The number of anilines is 1. The molecule has 2 aromatic rings. The number of carbonyl (C=O) groups excluding carboxylic acids is 1. The van der Waals surface area contributed by atoms with Crippen LogP contribution in [0.5, 0.6) is 0 Å². The van der Waals surface area contributed by atoms with E-state index in [2.05, 4.69) is 25.2 Å². The van der Waals surface area contributed by atoms with E-state index in [1.807, 2.05) is 17.0 Å². The molecule has 3 aliphatic rings. The van der Waals surface area contributed by atoms with Crippen molar-refractivity contribution in [1.82, 2.24) is 34.2 Å². The van der Waals surface area contributed by atoms with Gasteiger partial charge in [0.25, 0.3) is 0 Å². The molecule has 1 unspecified atom stereocenters. The number of piperidine rings is 1. The Labute approximate surface area is 181 Å². The van der Waals surface area contributed by atoms with Gasteiger partial charge in [-0.3, -0.25) is 4.79 Å². The van der Waals surface area contributed by atoms with Crippen LogP contribution in [-0.2, 0) is 14.8 Å². The van der Waals surface area contributed by atoms with Crippen molar-refractivity contribution >= 4 is 21.7 Å².